The predicted molar refractivity (Wildman–Crippen MR) is 126 cm³/mol. The summed E-state index contributed by atoms with van der Waals surface area (Å²) in [6, 6.07) is 12.8. The van der Waals surface area contributed by atoms with E-state index in [1.165, 1.54) is 9.96 Å². The summed E-state index contributed by atoms with van der Waals surface area (Å²) < 4.78 is 7.73. The van der Waals surface area contributed by atoms with E-state index in [9.17, 15) is 0 Å². The van der Waals surface area contributed by atoms with Crippen molar-refractivity contribution in [3.63, 3.8) is 0 Å². The molecule has 3 heterocycles. The number of rotatable bonds is 4. The van der Waals surface area contributed by atoms with Gasteiger partial charge in [-0.05, 0) is 0 Å². The molecule has 0 aliphatic carbocycles. The summed E-state index contributed by atoms with van der Waals surface area (Å²) in [5.41, 5.74) is 6.03. The van der Waals surface area contributed by atoms with Crippen LogP contribution in [0, 0.1) is 12.8 Å². The molecule has 0 aliphatic heterocycles. The van der Waals surface area contributed by atoms with Crippen LogP contribution in [0.5, 0.6) is 0 Å². The summed E-state index contributed by atoms with van der Waals surface area (Å²) in [4.78, 5) is 9.51. The Morgan fingerprint density at radius 1 is 0.966 bits per heavy atom. The van der Waals surface area contributed by atoms with Gasteiger partial charge in [-0.15, -0.1) is 0 Å². The van der Waals surface area contributed by atoms with Crippen molar-refractivity contribution in [3.05, 3.63) is 53.9 Å². The summed E-state index contributed by atoms with van der Waals surface area (Å²) in [6.07, 6.45) is 2.15. The zero-order valence-electron chi connectivity index (χ0n) is 18.5. The Labute approximate surface area is 175 Å². The molecule has 1 unspecified atom stereocenters. The molecule has 0 saturated heterocycles. The summed E-state index contributed by atoms with van der Waals surface area (Å²) >= 11 is -2.03. The molecule has 4 heteroatoms. The second-order valence-corrected chi connectivity index (χ2v) is 20.1. The van der Waals surface area contributed by atoms with Gasteiger partial charge in [-0.2, -0.15) is 0 Å². The van der Waals surface area contributed by atoms with Crippen molar-refractivity contribution < 1.29 is 4.42 Å². The molecule has 0 saturated carbocycles. The molecule has 4 rings (SSSR count). The van der Waals surface area contributed by atoms with Crippen molar-refractivity contribution in [2.24, 2.45) is 5.92 Å². The molecule has 0 N–H and O–H groups in total. The van der Waals surface area contributed by atoms with E-state index < -0.39 is 13.3 Å². The Hall–Kier alpha value is -2.14. The second kappa shape index (κ2) is 7.28. The third-order valence-corrected chi connectivity index (χ3v) is 10.3. The fraction of sp³-hybridized carbons (Fsp3) is 0.360. The van der Waals surface area contributed by atoms with Gasteiger partial charge in [-0.1, -0.05) is 0 Å². The molecule has 29 heavy (non-hydrogen) atoms. The van der Waals surface area contributed by atoms with Crippen LogP contribution < -0.4 is 4.40 Å². The van der Waals surface area contributed by atoms with Crippen LogP contribution in [0.15, 0.2) is 47.0 Å². The van der Waals surface area contributed by atoms with Gasteiger partial charge in [-0.25, -0.2) is 0 Å². The quantitative estimate of drug-likeness (QED) is 0.329. The molecule has 0 amide bonds. The van der Waals surface area contributed by atoms with E-state index in [-0.39, 0.29) is 0 Å². The molecular weight excluding hydrogens is 417 g/mol. The number of para-hydroxylation sites is 1. The number of hydrogen-bond acceptors (Lipinski definition) is 3. The second-order valence-electron chi connectivity index (χ2n) is 9.53. The van der Waals surface area contributed by atoms with E-state index >= 15 is 0 Å². The van der Waals surface area contributed by atoms with Gasteiger partial charge in [0.25, 0.3) is 0 Å². The fourth-order valence-corrected chi connectivity index (χ4v) is 7.35. The van der Waals surface area contributed by atoms with Crippen LogP contribution in [0.25, 0.3) is 33.3 Å². The van der Waals surface area contributed by atoms with Gasteiger partial charge in [0.05, 0.1) is 0 Å². The Balaban J connectivity index is 1.96. The Bertz CT molecular complexity index is 1200. The van der Waals surface area contributed by atoms with E-state index in [4.69, 9.17) is 9.40 Å². The van der Waals surface area contributed by atoms with Crippen LogP contribution in [-0.4, -0.2) is 23.2 Å². The molecule has 4 aromatic rings. The number of fused-ring (bicyclic) bond motifs is 3. The molecule has 3 nitrogen and oxygen atoms in total. The molecule has 3 aromatic heterocycles. The van der Waals surface area contributed by atoms with E-state index in [0.29, 0.717) is 17.5 Å². The zero-order valence-corrected chi connectivity index (χ0v) is 20.6. The molecule has 0 fully saturated rings. The molecule has 0 radical (unpaired) electrons. The van der Waals surface area contributed by atoms with Gasteiger partial charge < -0.3 is 0 Å². The van der Waals surface area contributed by atoms with Crippen molar-refractivity contribution in [1.82, 2.24) is 9.97 Å². The number of pyridine rings is 2. The molecule has 1 atom stereocenters. The SMILES string of the molecule is Cc1ccc2c(n1)oc1c(-c3cc(C(C)C(C)C)[c]([Ge]([CH3])([CH3])[CH3])cn3)cccc12. The number of furan rings is 1. The molecular formula is C25H30GeN2O. The number of hydrogen-bond donors (Lipinski definition) is 0. The molecule has 1 aromatic carbocycles. The Kier molecular flexibility index (Phi) is 5.06. The molecule has 0 spiro atoms. The van der Waals surface area contributed by atoms with E-state index in [2.05, 4.69) is 79.6 Å². The molecule has 150 valence electrons. The fourth-order valence-electron chi connectivity index (χ4n) is 3.95. The third-order valence-electron chi connectivity index (χ3n) is 6.01. The summed E-state index contributed by atoms with van der Waals surface area (Å²) in [6.45, 7) is 8.94. The standard InChI is InChI=1S/C25H30GeN2O/c1-15(2)17(4)21-13-23(27-14-22(21)26(5,6)7)20-10-8-9-18-19-12-11-16(3)28-25(19)29-24(18)20/h8-15,17H,1-7H3. The minimum atomic E-state index is -2.03. The normalized spacial score (nSPS) is 13.5. The van der Waals surface area contributed by atoms with Gasteiger partial charge in [0, 0.05) is 0 Å². The van der Waals surface area contributed by atoms with E-state index in [1.807, 2.05) is 13.0 Å². The first-order valence-corrected chi connectivity index (χ1v) is 17.8. The molecule has 0 bridgehead atoms. The predicted octanol–water partition coefficient (Wildman–Crippen LogP) is 6.66. The van der Waals surface area contributed by atoms with Crippen molar-refractivity contribution in [1.29, 1.82) is 0 Å². The topological polar surface area (TPSA) is 38.9 Å². The van der Waals surface area contributed by atoms with Crippen molar-refractivity contribution in [2.45, 2.75) is 50.9 Å². The first-order valence-electron chi connectivity index (χ1n) is 10.5. The summed E-state index contributed by atoms with van der Waals surface area (Å²) in [7, 11) is 0. The first kappa shape index (κ1) is 20.1. The minimum absolute atomic E-state index is 0.496. The average molecular weight is 447 g/mol. The van der Waals surface area contributed by atoms with Crippen molar-refractivity contribution in [3.8, 4) is 11.3 Å². The van der Waals surface area contributed by atoms with Crippen LogP contribution in [0.2, 0.25) is 17.3 Å². The molecule has 0 aliphatic rings. The number of aryl methyl sites for hydroxylation is 1. The van der Waals surface area contributed by atoms with Crippen LogP contribution in [-0.2, 0) is 0 Å². The van der Waals surface area contributed by atoms with Crippen LogP contribution in [0.4, 0.5) is 0 Å². The van der Waals surface area contributed by atoms with Crippen LogP contribution in [0.3, 0.4) is 0 Å². The van der Waals surface area contributed by atoms with E-state index in [0.717, 1.165) is 33.3 Å². The van der Waals surface area contributed by atoms with Gasteiger partial charge in [0.2, 0.25) is 0 Å². The number of aromatic nitrogens is 2. The van der Waals surface area contributed by atoms with Gasteiger partial charge in [0.15, 0.2) is 0 Å². The monoisotopic (exact) mass is 448 g/mol. The van der Waals surface area contributed by atoms with Gasteiger partial charge >= 0.3 is 176 Å². The number of nitrogens with zero attached hydrogens (tertiary/aromatic N) is 2. The average Bonchev–Trinajstić information content (AvgIpc) is 3.03. The first-order chi connectivity index (χ1) is 13.7. The Morgan fingerprint density at radius 2 is 1.72 bits per heavy atom. The Morgan fingerprint density at radius 3 is 2.41 bits per heavy atom. The van der Waals surface area contributed by atoms with Gasteiger partial charge in [0.1, 0.15) is 0 Å². The van der Waals surface area contributed by atoms with Crippen molar-refractivity contribution >= 4 is 39.7 Å². The summed E-state index contributed by atoms with van der Waals surface area (Å²) in [5.74, 6) is 8.42. The number of benzene rings is 1. The van der Waals surface area contributed by atoms with Gasteiger partial charge in [-0.3, -0.25) is 0 Å². The maximum absolute atomic E-state index is 6.22. The summed E-state index contributed by atoms with van der Waals surface area (Å²) in [5, 5.41) is 2.16. The zero-order chi connectivity index (χ0) is 20.9. The van der Waals surface area contributed by atoms with Crippen LogP contribution >= 0.6 is 0 Å². The van der Waals surface area contributed by atoms with Crippen LogP contribution in [0.1, 0.15) is 37.9 Å². The maximum atomic E-state index is 6.22. The van der Waals surface area contributed by atoms with Crippen molar-refractivity contribution in [2.75, 3.05) is 0 Å². The third kappa shape index (κ3) is 3.61. The van der Waals surface area contributed by atoms with E-state index in [1.54, 1.807) is 0 Å².